The molecule has 1 aliphatic heterocycles. The number of carbonyl (C=O) groups excluding carboxylic acids is 1. The van der Waals surface area contributed by atoms with E-state index in [2.05, 4.69) is 5.32 Å². The van der Waals surface area contributed by atoms with E-state index < -0.39 is 26.0 Å². The van der Waals surface area contributed by atoms with Crippen molar-refractivity contribution in [1.82, 2.24) is 4.31 Å². The number of hydrogen-bond donors (Lipinski definition) is 1. The van der Waals surface area contributed by atoms with Gasteiger partial charge in [0.2, 0.25) is 10.0 Å². The highest BCUT2D eigenvalue weighted by Gasteiger charge is 2.31. The molecule has 0 bridgehead atoms. The Morgan fingerprint density at radius 1 is 0.912 bits per heavy atom. The lowest BCUT2D eigenvalue weighted by atomic mass is 10.1. The van der Waals surface area contributed by atoms with Crippen molar-refractivity contribution >= 4 is 37.3 Å². The number of anilines is 2. The SMILES string of the molecule is Cc1ccc(S(=O)(=O)N(C)C)cc1NC(=O)c1ccc2c(c1)CCN2S(=O)(=O)c1ccccc1. The van der Waals surface area contributed by atoms with Crippen LogP contribution in [0.1, 0.15) is 21.5 Å². The van der Waals surface area contributed by atoms with Crippen molar-refractivity contribution < 1.29 is 21.6 Å². The van der Waals surface area contributed by atoms with Crippen molar-refractivity contribution in [3.63, 3.8) is 0 Å². The Hall–Kier alpha value is -3.21. The molecule has 34 heavy (non-hydrogen) atoms. The summed E-state index contributed by atoms with van der Waals surface area (Å²) in [4.78, 5) is 13.3. The summed E-state index contributed by atoms with van der Waals surface area (Å²) in [5, 5.41) is 2.78. The number of carbonyl (C=O) groups is 1. The topological polar surface area (TPSA) is 104 Å². The van der Waals surface area contributed by atoms with Gasteiger partial charge in [0.05, 0.1) is 15.5 Å². The Morgan fingerprint density at radius 2 is 1.62 bits per heavy atom. The summed E-state index contributed by atoms with van der Waals surface area (Å²) in [6, 6.07) is 17.7. The second-order valence-electron chi connectivity index (χ2n) is 8.20. The van der Waals surface area contributed by atoms with Crippen LogP contribution in [0.15, 0.2) is 76.5 Å². The van der Waals surface area contributed by atoms with Crippen LogP contribution in [-0.2, 0) is 26.5 Å². The minimum Gasteiger partial charge on any atom is -0.322 e. The van der Waals surface area contributed by atoms with Crippen LogP contribution in [0.5, 0.6) is 0 Å². The minimum atomic E-state index is -3.69. The largest absolute Gasteiger partial charge is 0.322 e. The van der Waals surface area contributed by atoms with Crippen LogP contribution in [0.3, 0.4) is 0 Å². The summed E-state index contributed by atoms with van der Waals surface area (Å²) in [5.74, 6) is -0.408. The van der Waals surface area contributed by atoms with E-state index in [9.17, 15) is 21.6 Å². The van der Waals surface area contributed by atoms with E-state index in [1.165, 1.54) is 30.5 Å². The van der Waals surface area contributed by atoms with Crippen LogP contribution >= 0.6 is 0 Å². The van der Waals surface area contributed by atoms with Crippen molar-refractivity contribution in [3.8, 4) is 0 Å². The molecule has 3 aromatic carbocycles. The Balaban J connectivity index is 1.60. The van der Waals surface area contributed by atoms with Gasteiger partial charge in [0.25, 0.3) is 15.9 Å². The van der Waals surface area contributed by atoms with Crippen molar-refractivity contribution in [2.45, 2.75) is 23.1 Å². The molecule has 0 saturated carbocycles. The molecule has 10 heteroatoms. The van der Waals surface area contributed by atoms with Crippen molar-refractivity contribution in [1.29, 1.82) is 0 Å². The molecule has 0 radical (unpaired) electrons. The third kappa shape index (κ3) is 4.31. The highest BCUT2D eigenvalue weighted by Crippen LogP contribution is 2.34. The predicted octanol–water partition coefficient (Wildman–Crippen LogP) is 3.25. The molecule has 0 atom stereocenters. The maximum atomic E-state index is 13.0. The van der Waals surface area contributed by atoms with Gasteiger partial charge < -0.3 is 5.32 Å². The van der Waals surface area contributed by atoms with E-state index in [1.807, 2.05) is 0 Å². The monoisotopic (exact) mass is 499 g/mol. The molecule has 0 spiro atoms. The third-order valence-electron chi connectivity index (χ3n) is 5.76. The molecular formula is C24H25N3O5S2. The Bertz CT molecular complexity index is 1470. The number of amides is 1. The quantitative estimate of drug-likeness (QED) is 0.561. The first-order chi connectivity index (χ1) is 16.0. The van der Waals surface area contributed by atoms with Gasteiger partial charge >= 0.3 is 0 Å². The minimum absolute atomic E-state index is 0.0779. The molecule has 1 amide bonds. The van der Waals surface area contributed by atoms with Gasteiger partial charge in [0.15, 0.2) is 0 Å². The number of aryl methyl sites for hydroxylation is 1. The zero-order valence-electron chi connectivity index (χ0n) is 19.0. The second kappa shape index (κ2) is 8.86. The Labute approximate surface area is 199 Å². The van der Waals surface area contributed by atoms with Crippen molar-refractivity contribution in [3.05, 3.63) is 83.4 Å². The summed E-state index contributed by atoms with van der Waals surface area (Å²) in [7, 11) is -4.45. The first kappa shape index (κ1) is 23.9. The predicted molar refractivity (Wildman–Crippen MR) is 131 cm³/mol. The first-order valence-electron chi connectivity index (χ1n) is 10.6. The van der Waals surface area contributed by atoms with E-state index in [1.54, 1.807) is 61.5 Å². The molecule has 0 aliphatic carbocycles. The highest BCUT2D eigenvalue weighted by molar-refractivity contribution is 7.92. The Morgan fingerprint density at radius 3 is 2.29 bits per heavy atom. The second-order valence-corrected chi connectivity index (χ2v) is 12.2. The molecule has 1 heterocycles. The zero-order chi connectivity index (χ0) is 24.7. The summed E-state index contributed by atoms with van der Waals surface area (Å²) >= 11 is 0. The molecule has 3 aromatic rings. The maximum absolute atomic E-state index is 13.0. The van der Waals surface area contributed by atoms with Gasteiger partial charge in [-0.05, 0) is 66.9 Å². The van der Waals surface area contributed by atoms with Crippen LogP contribution in [0.2, 0.25) is 0 Å². The van der Waals surface area contributed by atoms with Crippen molar-refractivity contribution in [2.75, 3.05) is 30.3 Å². The van der Waals surface area contributed by atoms with Gasteiger partial charge in [-0.1, -0.05) is 24.3 Å². The lowest BCUT2D eigenvalue weighted by Crippen LogP contribution is -2.29. The molecule has 1 aliphatic rings. The molecule has 1 N–H and O–H groups in total. The van der Waals surface area contributed by atoms with Crippen LogP contribution < -0.4 is 9.62 Å². The highest BCUT2D eigenvalue weighted by atomic mass is 32.2. The number of sulfonamides is 2. The fourth-order valence-electron chi connectivity index (χ4n) is 3.78. The molecular weight excluding hydrogens is 474 g/mol. The number of fused-ring (bicyclic) bond motifs is 1. The summed E-state index contributed by atoms with van der Waals surface area (Å²) < 4.78 is 53.5. The number of nitrogens with one attached hydrogen (secondary N) is 1. The summed E-state index contributed by atoms with van der Waals surface area (Å²) in [6.45, 7) is 2.07. The van der Waals surface area contributed by atoms with Crippen LogP contribution in [0.4, 0.5) is 11.4 Å². The molecule has 0 saturated heterocycles. The number of rotatable bonds is 6. The average Bonchev–Trinajstić information content (AvgIpc) is 3.25. The molecule has 0 unspecified atom stereocenters. The van der Waals surface area contributed by atoms with Gasteiger partial charge in [-0.2, -0.15) is 0 Å². The molecule has 8 nitrogen and oxygen atoms in total. The zero-order valence-corrected chi connectivity index (χ0v) is 20.7. The number of hydrogen-bond acceptors (Lipinski definition) is 5. The summed E-state index contributed by atoms with van der Waals surface area (Å²) in [5.41, 5.74) is 2.77. The van der Waals surface area contributed by atoms with Crippen LogP contribution in [-0.4, -0.2) is 47.7 Å². The average molecular weight is 500 g/mol. The van der Waals surface area contributed by atoms with Gasteiger partial charge in [-0.3, -0.25) is 9.10 Å². The lowest BCUT2D eigenvalue weighted by Gasteiger charge is -2.19. The normalized spacial score (nSPS) is 13.7. The smallest absolute Gasteiger partial charge is 0.264 e. The van der Waals surface area contributed by atoms with Gasteiger partial charge in [0, 0.05) is 31.9 Å². The van der Waals surface area contributed by atoms with E-state index in [0.717, 1.165) is 9.87 Å². The maximum Gasteiger partial charge on any atom is 0.264 e. The first-order valence-corrected chi connectivity index (χ1v) is 13.4. The van der Waals surface area contributed by atoms with Gasteiger partial charge in [0.1, 0.15) is 0 Å². The van der Waals surface area contributed by atoms with Gasteiger partial charge in [-0.25, -0.2) is 21.1 Å². The standard InChI is InChI=1S/C24H25N3O5S2/c1-17-9-11-21(33(29,30)26(2)3)16-22(17)25-24(28)19-10-12-23-18(15-19)13-14-27(23)34(31,32)20-7-5-4-6-8-20/h4-12,15-16H,13-14H2,1-3H3,(H,25,28). The van der Waals surface area contributed by atoms with E-state index in [4.69, 9.17) is 0 Å². The van der Waals surface area contributed by atoms with Crippen LogP contribution in [0.25, 0.3) is 0 Å². The van der Waals surface area contributed by atoms with Crippen LogP contribution in [0, 0.1) is 6.92 Å². The van der Waals surface area contributed by atoms with Crippen molar-refractivity contribution in [2.24, 2.45) is 0 Å². The molecule has 4 rings (SSSR count). The lowest BCUT2D eigenvalue weighted by molar-refractivity contribution is 0.102. The van der Waals surface area contributed by atoms with Gasteiger partial charge in [-0.15, -0.1) is 0 Å². The van der Waals surface area contributed by atoms with E-state index in [-0.39, 0.29) is 9.79 Å². The van der Waals surface area contributed by atoms with E-state index >= 15 is 0 Å². The third-order valence-corrected chi connectivity index (χ3v) is 9.40. The molecule has 178 valence electrons. The molecule has 0 aromatic heterocycles. The fraction of sp³-hybridized carbons (Fsp3) is 0.208. The number of nitrogens with zero attached hydrogens (tertiary/aromatic N) is 2. The Kier molecular flexibility index (Phi) is 6.24. The summed E-state index contributed by atoms with van der Waals surface area (Å²) in [6.07, 6.45) is 0.484. The number of benzene rings is 3. The fourth-order valence-corrected chi connectivity index (χ4v) is 6.24. The van der Waals surface area contributed by atoms with E-state index in [0.29, 0.717) is 35.5 Å². The molecule has 0 fully saturated rings.